The summed E-state index contributed by atoms with van der Waals surface area (Å²) in [6.07, 6.45) is -1.67. The first-order valence-electron chi connectivity index (χ1n) is 6.88. The highest BCUT2D eigenvalue weighted by Crippen LogP contribution is 2.33. The van der Waals surface area contributed by atoms with Crippen molar-refractivity contribution in [3.8, 4) is 17.1 Å². The fourth-order valence-corrected chi connectivity index (χ4v) is 2.57. The fourth-order valence-electron chi connectivity index (χ4n) is 2.41. The third-order valence-electron chi connectivity index (χ3n) is 3.55. The van der Waals surface area contributed by atoms with Crippen molar-refractivity contribution in [1.29, 1.82) is 0 Å². The number of alkyl halides is 3. The standard InChI is InChI=1S/C16H11ClF3N3O/c1-9-2-3-11(7-12(9)16(18,19)20)23-14(8-22-15(23)24)13-6-10(17)4-5-21-13/h2-8H,1H3,(H,22,24). The predicted octanol–water partition coefficient (Wildman–Crippen LogP) is 4.21. The summed E-state index contributed by atoms with van der Waals surface area (Å²) in [5.41, 5.74) is -0.496. The predicted molar refractivity (Wildman–Crippen MR) is 84.4 cm³/mol. The molecule has 0 saturated heterocycles. The van der Waals surface area contributed by atoms with Crippen molar-refractivity contribution < 1.29 is 13.2 Å². The van der Waals surface area contributed by atoms with Crippen LogP contribution in [0.5, 0.6) is 0 Å². The van der Waals surface area contributed by atoms with Crippen molar-refractivity contribution >= 4 is 11.6 Å². The summed E-state index contributed by atoms with van der Waals surface area (Å²) in [5.74, 6) is 0. The van der Waals surface area contributed by atoms with Crippen LogP contribution < -0.4 is 5.69 Å². The van der Waals surface area contributed by atoms with Crippen LogP contribution in [0.3, 0.4) is 0 Å². The summed E-state index contributed by atoms with van der Waals surface area (Å²) < 4.78 is 40.5. The van der Waals surface area contributed by atoms with Crippen molar-refractivity contribution in [3.05, 3.63) is 69.4 Å². The van der Waals surface area contributed by atoms with E-state index in [0.29, 0.717) is 16.4 Å². The van der Waals surface area contributed by atoms with Crippen molar-refractivity contribution in [1.82, 2.24) is 14.5 Å². The van der Waals surface area contributed by atoms with Gasteiger partial charge in [-0.2, -0.15) is 13.2 Å². The SMILES string of the molecule is Cc1ccc(-n2c(-c3cc(Cl)ccn3)c[nH]c2=O)cc1C(F)(F)F. The van der Waals surface area contributed by atoms with Gasteiger partial charge in [-0.25, -0.2) is 4.79 Å². The number of pyridine rings is 1. The van der Waals surface area contributed by atoms with Crippen LogP contribution in [0.4, 0.5) is 13.2 Å². The first-order valence-corrected chi connectivity index (χ1v) is 7.26. The van der Waals surface area contributed by atoms with Crippen LogP contribution in [0.15, 0.2) is 47.5 Å². The molecule has 0 aliphatic carbocycles. The average Bonchev–Trinajstić information content (AvgIpc) is 2.88. The van der Waals surface area contributed by atoms with Crippen LogP contribution in [-0.2, 0) is 6.18 Å². The molecule has 0 spiro atoms. The summed E-state index contributed by atoms with van der Waals surface area (Å²) in [5, 5.41) is 0.403. The number of hydrogen-bond acceptors (Lipinski definition) is 2. The van der Waals surface area contributed by atoms with Crippen LogP contribution in [0, 0.1) is 6.92 Å². The van der Waals surface area contributed by atoms with Crippen LogP contribution in [0.2, 0.25) is 5.02 Å². The van der Waals surface area contributed by atoms with Gasteiger partial charge in [-0.15, -0.1) is 0 Å². The Kier molecular flexibility index (Phi) is 3.96. The van der Waals surface area contributed by atoms with E-state index >= 15 is 0 Å². The van der Waals surface area contributed by atoms with Gasteiger partial charge >= 0.3 is 11.9 Å². The Hall–Kier alpha value is -2.54. The molecule has 0 unspecified atom stereocenters. The lowest BCUT2D eigenvalue weighted by Crippen LogP contribution is -2.17. The van der Waals surface area contributed by atoms with Crippen LogP contribution in [0.25, 0.3) is 17.1 Å². The van der Waals surface area contributed by atoms with Crippen LogP contribution in [0.1, 0.15) is 11.1 Å². The van der Waals surface area contributed by atoms with Crippen molar-refractivity contribution in [2.24, 2.45) is 0 Å². The van der Waals surface area contributed by atoms with E-state index in [1.54, 1.807) is 6.07 Å². The summed E-state index contributed by atoms with van der Waals surface area (Å²) in [6.45, 7) is 1.37. The quantitative estimate of drug-likeness (QED) is 0.750. The molecule has 8 heteroatoms. The summed E-state index contributed by atoms with van der Waals surface area (Å²) >= 11 is 5.92. The molecule has 0 saturated carbocycles. The molecule has 0 atom stereocenters. The summed E-state index contributed by atoms with van der Waals surface area (Å²) in [7, 11) is 0. The molecule has 4 nitrogen and oxygen atoms in total. The minimum Gasteiger partial charge on any atom is -0.312 e. The molecule has 0 aliphatic rings. The monoisotopic (exact) mass is 353 g/mol. The Morgan fingerprint density at radius 1 is 1.21 bits per heavy atom. The Morgan fingerprint density at radius 3 is 2.62 bits per heavy atom. The minimum absolute atomic E-state index is 0.0808. The fraction of sp³-hybridized carbons (Fsp3) is 0.125. The number of imidazole rings is 1. The molecule has 0 bridgehead atoms. The second kappa shape index (κ2) is 5.83. The summed E-state index contributed by atoms with van der Waals surface area (Å²) in [4.78, 5) is 18.7. The van der Waals surface area contributed by atoms with E-state index in [1.807, 2.05) is 0 Å². The molecule has 0 amide bonds. The largest absolute Gasteiger partial charge is 0.416 e. The topological polar surface area (TPSA) is 50.7 Å². The molecule has 2 heterocycles. The molecule has 124 valence electrons. The van der Waals surface area contributed by atoms with Gasteiger partial charge in [0.05, 0.1) is 22.6 Å². The molecular weight excluding hydrogens is 343 g/mol. The van der Waals surface area contributed by atoms with E-state index in [4.69, 9.17) is 11.6 Å². The van der Waals surface area contributed by atoms with Crippen molar-refractivity contribution in [2.45, 2.75) is 13.1 Å². The highest BCUT2D eigenvalue weighted by molar-refractivity contribution is 6.30. The number of H-pyrrole nitrogens is 1. The molecule has 1 aromatic carbocycles. The highest BCUT2D eigenvalue weighted by atomic mass is 35.5. The number of halogens is 4. The molecule has 24 heavy (non-hydrogen) atoms. The van der Waals surface area contributed by atoms with E-state index in [1.165, 1.54) is 37.5 Å². The smallest absolute Gasteiger partial charge is 0.312 e. The molecule has 0 fully saturated rings. The lowest BCUT2D eigenvalue weighted by atomic mass is 10.1. The third kappa shape index (κ3) is 2.94. The zero-order valence-electron chi connectivity index (χ0n) is 12.4. The van der Waals surface area contributed by atoms with Crippen molar-refractivity contribution in [2.75, 3.05) is 0 Å². The number of aromatic amines is 1. The third-order valence-corrected chi connectivity index (χ3v) is 3.78. The molecule has 1 N–H and O–H groups in total. The Bertz CT molecular complexity index is 960. The first kappa shape index (κ1) is 16.3. The molecule has 3 rings (SSSR count). The molecule has 0 radical (unpaired) electrons. The molecular formula is C16H11ClF3N3O. The number of aromatic nitrogens is 3. The zero-order chi connectivity index (χ0) is 17.5. The summed E-state index contributed by atoms with van der Waals surface area (Å²) in [6, 6.07) is 6.81. The van der Waals surface area contributed by atoms with Gasteiger partial charge in [0.25, 0.3) is 0 Å². The average molecular weight is 354 g/mol. The number of nitrogens with zero attached hydrogens (tertiary/aromatic N) is 2. The van der Waals surface area contributed by atoms with E-state index in [2.05, 4.69) is 9.97 Å². The number of benzene rings is 1. The van der Waals surface area contributed by atoms with Gasteiger partial charge in [-0.1, -0.05) is 17.7 Å². The second-order valence-corrected chi connectivity index (χ2v) is 5.61. The Morgan fingerprint density at radius 2 is 1.96 bits per heavy atom. The van der Waals surface area contributed by atoms with Gasteiger partial charge in [-0.3, -0.25) is 9.55 Å². The van der Waals surface area contributed by atoms with Gasteiger partial charge in [0.1, 0.15) is 0 Å². The maximum Gasteiger partial charge on any atom is 0.416 e. The minimum atomic E-state index is -4.51. The first-order chi connectivity index (χ1) is 11.3. The lowest BCUT2D eigenvalue weighted by molar-refractivity contribution is -0.138. The van der Waals surface area contributed by atoms with Crippen molar-refractivity contribution in [3.63, 3.8) is 0 Å². The van der Waals surface area contributed by atoms with E-state index in [-0.39, 0.29) is 11.3 Å². The van der Waals surface area contributed by atoms with Crippen LogP contribution >= 0.6 is 11.6 Å². The number of hydrogen-bond donors (Lipinski definition) is 1. The molecule has 3 aromatic rings. The van der Waals surface area contributed by atoms with Crippen LogP contribution in [-0.4, -0.2) is 14.5 Å². The maximum atomic E-state index is 13.1. The highest BCUT2D eigenvalue weighted by Gasteiger charge is 2.32. The van der Waals surface area contributed by atoms with E-state index in [9.17, 15) is 18.0 Å². The second-order valence-electron chi connectivity index (χ2n) is 5.17. The number of rotatable bonds is 2. The lowest BCUT2D eigenvalue weighted by Gasteiger charge is -2.13. The van der Waals surface area contributed by atoms with Gasteiger partial charge < -0.3 is 4.98 Å². The zero-order valence-corrected chi connectivity index (χ0v) is 13.1. The molecule has 2 aromatic heterocycles. The maximum absolute atomic E-state index is 13.1. The van der Waals surface area contributed by atoms with Gasteiger partial charge in [0, 0.05) is 17.4 Å². The molecule has 0 aliphatic heterocycles. The van der Waals surface area contributed by atoms with Gasteiger partial charge in [0.2, 0.25) is 0 Å². The Labute approximate surface area is 139 Å². The number of aryl methyl sites for hydroxylation is 1. The van der Waals surface area contributed by atoms with E-state index < -0.39 is 17.4 Å². The van der Waals surface area contributed by atoms with Gasteiger partial charge in [-0.05, 0) is 36.8 Å². The van der Waals surface area contributed by atoms with Gasteiger partial charge in [0.15, 0.2) is 0 Å². The van der Waals surface area contributed by atoms with E-state index in [0.717, 1.165) is 10.6 Å². The number of nitrogens with one attached hydrogen (secondary N) is 1. The Balaban J connectivity index is 2.22. The normalized spacial score (nSPS) is 11.7.